The molecule has 0 radical (unpaired) electrons. The molecule has 0 fully saturated rings. The summed E-state index contributed by atoms with van der Waals surface area (Å²) in [5, 5.41) is 2.82. The highest BCUT2D eigenvalue weighted by Crippen LogP contribution is 2.22. The maximum absolute atomic E-state index is 13.7. The van der Waals surface area contributed by atoms with Crippen molar-refractivity contribution in [3.8, 4) is 0 Å². The van der Waals surface area contributed by atoms with E-state index < -0.39 is 11.6 Å². The summed E-state index contributed by atoms with van der Waals surface area (Å²) in [7, 11) is 0. The minimum absolute atomic E-state index is 0.00853. The van der Waals surface area contributed by atoms with Crippen LogP contribution in [0.1, 0.15) is 11.1 Å². The van der Waals surface area contributed by atoms with Crippen LogP contribution >= 0.6 is 12.2 Å². The zero-order chi connectivity index (χ0) is 14.0. The Hall–Kier alpha value is -2.01. The molecular formula is C14H12F2N2S. The molecule has 2 aromatic rings. The van der Waals surface area contributed by atoms with Crippen molar-refractivity contribution in [3.63, 3.8) is 0 Å². The highest BCUT2D eigenvalue weighted by atomic mass is 32.1. The van der Waals surface area contributed by atoms with Gasteiger partial charge in [-0.2, -0.15) is 0 Å². The number of rotatable bonds is 3. The fourth-order valence-electron chi connectivity index (χ4n) is 1.68. The Morgan fingerprint density at radius 3 is 2.47 bits per heavy atom. The van der Waals surface area contributed by atoms with E-state index in [1.165, 1.54) is 18.2 Å². The van der Waals surface area contributed by atoms with Gasteiger partial charge in [-0.1, -0.05) is 18.3 Å². The molecular weight excluding hydrogens is 266 g/mol. The van der Waals surface area contributed by atoms with E-state index in [1.807, 2.05) is 6.92 Å². The summed E-state index contributed by atoms with van der Waals surface area (Å²) in [4.78, 5) is -0.00853. The van der Waals surface area contributed by atoms with Crippen molar-refractivity contribution in [2.45, 2.75) is 6.92 Å². The van der Waals surface area contributed by atoms with Crippen LogP contribution in [0, 0.1) is 18.6 Å². The quantitative estimate of drug-likeness (QED) is 0.842. The standard InChI is InChI=1S/C14H12F2N2S/c1-8-2-5-11(15)13(6-8)18-9-3-4-10(14(17)19)12(16)7-9/h2-7,18H,1H3,(H2,17,19). The first-order valence-electron chi connectivity index (χ1n) is 5.60. The molecule has 0 saturated heterocycles. The monoisotopic (exact) mass is 278 g/mol. The Labute approximate surface area is 115 Å². The van der Waals surface area contributed by atoms with Crippen LogP contribution in [0.15, 0.2) is 36.4 Å². The summed E-state index contributed by atoms with van der Waals surface area (Å²) in [6, 6.07) is 8.96. The summed E-state index contributed by atoms with van der Waals surface area (Å²) in [5.41, 5.74) is 7.18. The fourth-order valence-corrected chi connectivity index (χ4v) is 1.85. The van der Waals surface area contributed by atoms with Gasteiger partial charge >= 0.3 is 0 Å². The van der Waals surface area contributed by atoms with E-state index in [2.05, 4.69) is 5.32 Å². The molecule has 0 aliphatic heterocycles. The zero-order valence-electron chi connectivity index (χ0n) is 10.2. The van der Waals surface area contributed by atoms with Gasteiger partial charge in [-0.05, 0) is 42.8 Å². The van der Waals surface area contributed by atoms with Crippen molar-refractivity contribution in [2.75, 3.05) is 5.32 Å². The molecule has 0 spiro atoms. The van der Waals surface area contributed by atoms with E-state index in [-0.39, 0.29) is 10.6 Å². The molecule has 0 bridgehead atoms. The molecule has 5 heteroatoms. The van der Waals surface area contributed by atoms with Gasteiger partial charge in [0.1, 0.15) is 16.6 Å². The number of benzene rings is 2. The molecule has 98 valence electrons. The number of aryl methyl sites for hydroxylation is 1. The molecule has 0 aromatic heterocycles. The van der Waals surface area contributed by atoms with Crippen molar-refractivity contribution in [1.29, 1.82) is 0 Å². The number of anilines is 2. The van der Waals surface area contributed by atoms with Crippen molar-refractivity contribution in [2.24, 2.45) is 5.73 Å². The molecule has 0 atom stereocenters. The lowest BCUT2D eigenvalue weighted by Gasteiger charge is -2.10. The van der Waals surface area contributed by atoms with Crippen molar-refractivity contribution >= 4 is 28.6 Å². The molecule has 19 heavy (non-hydrogen) atoms. The molecule has 3 N–H and O–H groups in total. The minimum Gasteiger partial charge on any atom is -0.389 e. The van der Waals surface area contributed by atoms with E-state index in [4.69, 9.17) is 18.0 Å². The average Bonchev–Trinajstić information content (AvgIpc) is 2.33. The molecule has 0 aliphatic rings. The van der Waals surface area contributed by atoms with Crippen LogP contribution in [0.25, 0.3) is 0 Å². The normalized spacial score (nSPS) is 10.3. The van der Waals surface area contributed by atoms with Crippen LogP contribution in [-0.4, -0.2) is 4.99 Å². The summed E-state index contributed by atoms with van der Waals surface area (Å²) >= 11 is 4.72. The van der Waals surface area contributed by atoms with E-state index >= 15 is 0 Å². The maximum atomic E-state index is 13.7. The van der Waals surface area contributed by atoms with Gasteiger partial charge in [0.05, 0.1) is 5.69 Å². The summed E-state index contributed by atoms with van der Waals surface area (Å²) < 4.78 is 27.2. The number of halogens is 2. The molecule has 0 amide bonds. The topological polar surface area (TPSA) is 38.0 Å². The predicted octanol–water partition coefficient (Wildman–Crippen LogP) is 3.65. The molecule has 0 aliphatic carbocycles. The second kappa shape index (κ2) is 5.32. The van der Waals surface area contributed by atoms with Gasteiger partial charge in [0.25, 0.3) is 0 Å². The first-order valence-corrected chi connectivity index (χ1v) is 6.01. The third-order valence-electron chi connectivity index (χ3n) is 2.64. The predicted molar refractivity (Wildman–Crippen MR) is 76.7 cm³/mol. The summed E-state index contributed by atoms with van der Waals surface area (Å²) in [6.07, 6.45) is 0. The summed E-state index contributed by atoms with van der Waals surface area (Å²) in [5.74, 6) is -0.935. The van der Waals surface area contributed by atoms with E-state index in [0.717, 1.165) is 5.56 Å². The Kier molecular flexibility index (Phi) is 3.76. The average molecular weight is 278 g/mol. The van der Waals surface area contributed by atoms with Crippen molar-refractivity contribution < 1.29 is 8.78 Å². The van der Waals surface area contributed by atoms with Crippen LogP contribution in [0.3, 0.4) is 0 Å². The lowest BCUT2D eigenvalue weighted by Crippen LogP contribution is -2.11. The van der Waals surface area contributed by atoms with Gasteiger partial charge in [0, 0.05) is 11.3 Å². The first kappa shape index (κ1) is 13.4. The van der Waals surface area contributed by atoms with E-state index in [1.54, 1.807) is 18.2 Å². The largest absolute Gasteiger partial charge is 0.389 e. The molecule has 0 unspecified atom stereocenters. The van der Waals surface area contributed by atoms with Crippen LogP contribution in [0.4, 0.5) is 20.2 Å². The Balaban J connectivity index is 2.31. The lowest BCUT2D eigenvalue weighted by molar-refractivity contribution is 0.625. The molecule has 2 rings (SSSR count). The van der Waals surface area contributed by atoms with E-state index in [9.17, 15) is 8.78 Å². The lowest BCUT2D eigenvalue weighted by atomic mass is 10.1. The van der Waals surface area contributed by atoms with Gasteiger partial charge in [-0.25, -0.2) is 8.78 Å². The number of nitrogens with one attached hydrogen (secondary N) is 1. The molecule has 2 nitrogen and oxygen atoms in total. The van der Waals surface area contributed by atoms with E-state index in [0.29, 0.717) is 11.4 Å². The number of nitrogens with two attached hydrogens (primary N) is 1. The third kappa shape index (κ3) is 3.06. The van der Waals surface area contributed by atoms with Crippen LogP contribution in [-0.2, 0) is 0 Å². The highest BCUT2D eigenvalue weighted by molar-refractivity contribution is 7.80. The van der Waals surface area contributed by atoms with Gasteiger partial charge < -0.3 is 11.1 Å². The second-order valence-electron chi connectivity index (χ2n) is 4.17. The zero-order valence-corrected chi connectivity index (χ0v) is 11.0. The van der Waals surface area contributed by atoms with Gasteiger partial charge in [-0.15, -0.1) is 0 Å². The first-order chi connectivity index (χ1) is 8.97. The maximum Gasteiger partial charge on any atom is 0.146 e. The molecule has 0 heterocycles. The molecule has 2 aromatic carbocycles. The third-order valence-corrected chi connectivity index (χ3v) is 2.86. The Morgan fingerprint density at radius 2 is 1.84 bits per heavy atom. The van der Waals surface area contributed by atoms with Crippen LogP contribution in [0.2, 0.25) is 0 Å². The number of hydrogen-bond donors (Lipinski definition) is 2. The second-order valence-corrected chi connectivity index (χ2v) is 4.61. The Morgan fingerprint density at radius 1 is 1.11 bits per heavy atom. The minimum atomic E-state index is -0.537. The Bertz CT molecular complexity index is 641. The number of hydrogen-bond acceptors (Lipinski definition) is 2. The number of thiocarbonyl (C=S) groups is 1. The fraction of sp³-hybridized carbons (Fsp3) is 0.0714. The smallest absolute Gasteiger partial charge is 0.146 e. The van der Waals surface area contributed by atoms with Crippen LogP contribution < -0.4 is 11.1 Å². The van der Waals surface area contributed by atoms with Crippen molar-refractivity contribution in [3.05, 3.63) is 59.2 Å². The molecule has 0 saturated carbocycles. The van der Waals surface area contributed by atoms with Crippen molar-refractivity contribution in [1.82, 2.24) is 0 Å². The highest BCUT2D eigenvalue weighted by Gasteiger charge is 2.08. The SMILES string of the molecule is Cc1ccc(F)c(Nc2ccc(C(N)=S)c(F)c2)c1. The van der Waals surface area contributed by atoms with Gasteiger partial charge in [-0.3, -0.25) is 0 Å². The van der Waals surface area contributed by atoms with Gasteiger partial charge in [0.15, 0.2) is 0 Å². The summed E-state index contributed by atoms with van der Waals surface area (Å²) in [6.45, 7) is 1.85. The van der Waals surface area contributed by atoms with Gasteiger partial charge in [0.2, 0.25) is 0 Å². The van der Waals surface area contributed by atoms with Crippen LogP contribution in [0.5, 0.6) is 0 Å².